The molecule has 2 aromatic carbocycles. The molecule has 0 fully saturated rings. The SMILES string of the molecule is Cc1ccc(CC(O)c2ccc3c(c2)CC(=O)N3)cc1C. The van der Waals surface area contributed by atoms with Crippen LogP contribution in [0, 0.1) is 13.8 Å². The summed E-state index contributed by atoms with van der Waals surface area (Å²) in [6.07, 6.45) is 0.439. The normalized spacial score (nSPS) is 14.7. The number of benzene rings is 2. The molecule has 0 aromatic heterocycles. The number of nitrogens with one attached hydrogen (secondary N) is 1. The number of amides is 1. The number of hydrogen-bond acceptors (Lipinski definition) is 2. The van der Waals surface area contributed by atoms with Gasteiger partial charge in [0.1, 0.15) is 0 Å². The molecule has 1 unspecified atom stereocenters. The van der Waals surface area contributed by atoms with Crippen molar-refractivity contribution in [2.45, 2.75) is 32.8 Å². The Labute approximate surface area is 124 Å². The molecule has 21 heavy (non-hydrogen) atoms. The lowest BCUT2D eigenvalue weighted by molar-refractivity contribution is -0.115. The summed E-state index contributed by atoms with van der Waals surface area (Å²) in [5, 5.41) is 13.2. The van der Waals surface area contributed by atoms with Crippen molar-refractivity contribution in [2.75, 3.05) is 5.32 Å². The maximum absolute atomic E-state index is 11.4. The fraction of sp³-hybridized carbons (Fsp3) is 0.278. The van der Waals surface area contributed by atoms with E-state index in [1.807, 2.05) is 18.2 Å². The first-order valence-corrected chi connectivity index (χ1v) is 7.20. The summed E-state index contributed by atoms with van der Waals surface area (Å²) in [6, 6.07) is 12.0. The van der Waals surface area contributed by atoms with Gasteiger partial charge in [0.05, 0.1) is 12.5 Å². The molecule has 3 rings (SSSR count). The van der Waals surface area contributed by atoms with Gasteiger partial charge in [0.25, 0.3) is 0 Å². The summed E-state index contributed by atoms with van der Waals surface area (Å²) in [5.74, 6) is 0.0193. The van der Waals surface area contributed by atoms with Crippen LogP contribution in [-0.4, -0.2) is 11.0 Å². The highest BCUT2D eigenvalue weighted by molar-refractivity contribution is 5.99. The van der Waals surface area contributed by atoms with E-state index in [2.05, 4.69) is 37.4 Å². The molecule has 2 aromatic rings. The third kappa shape index (κ3) is 2.83. The minimum atomic E-state index is -0.548. The minimum absolute atomic E-state index is 0.0193. The smallest absolute Gasteiger partial charge is 0.228 e. The second-order valence-corrected chi connectivity index (χ2v) is 5.78. The Morgan fingerprint density at radius 2 is 1.95 bits per heavy atom. The van der Waals surface area contributed by atoms with Gasteiger partial charge in [-0.3, -0.25) is 4.79 Å². The van der Waals surface area contributed by atoms with E-state index in [1.54, 1.807) is 0 Å². The Bertz CT molecular complexity index is 706. The predicted octanol–water partition coefficient (Wildman–Crippen LogP) is 3.07. The van der Waals surface area contributed by atoms with E-state index in [-0.39, 0.29) is 5.91 Å². The van der Waals surface area contributed by atoms with E-state index in [9.17, 15) is 9.90 Å². The highest BCUT2D eigenvalue weighted by atomic mass is 16.3. The van der Waals surface area contributed by atoms with Crippen LogP contribution in [0.4, 0.5) is 5.69 Å². The zero-order valence-corrected chi connectivity index (χ0v) is 12.3. The fourth-order valence-electron chi connectivity index (χ4n) is 2.73. The van der Waals surface area contributed by atoms with Crippen molar-refractivity contribution in [3.05, 3.63) is 64.2 Å². The molecule has 2 N–H and O–H groups in total. The molecule has 0 aliphatic carbocycles. The van der Waals surface area contributed by atoms with Crippen molar-refractivity contribution in [2.24, 2.45) is 0 Å². The number of carbonyl (C=O) groups is 1. The van der Waals surface area contributed by atoms with Crippen molar-refractivity contribution in [3.63, 3.8) is 0 Å². The number of aliphatic hydroxyl groups excluding tert-OH is 1. The van der Waals surface area contributed by atoms with Crippen LogP contribution in [0.25, 0.3) is 0 Å². The Morgan fingerprint density at radius 1 is 1.14 bits per heavy atom. The summed E-state index contributed by atoms with van der Waals surface area (Å²) in [4.78, 5) is 11.4. The van der Waals surface area contributed by atoms with Gasteiger partial charge in [0.15, 0.2) is 0 Å². The van der Waals surface area contributed by atoms with Crippen molar-refractivity contribution in [1.82, 2.24) is 0 Å². The van der Waals surface area contributed by atoms with Crippen LogP contribution in [0.5, 0.6) is 0 Å². The van der Waals surface area contributed by atoms with Crippen molar-refractivity contribution < 1.29 is 9.90 Å². The number of aryl methyl sites for hydroxylation is 2. The van der Waals surface area contributed by atoms with Gasteiger partial charge in [0, 0.05) is 12.1 Å². The van der Waals surface area contributed by atoms with Crippen LogP contribution < -0.4 is 5.32 Å². The Kier molecular flexibility index (Phi) is 3.52. The van der Waals surface area contributed by atoms with E-state index in [1.165, 1.54) is 11.1 Å². The molecule has 3 nitrogen and oxygen atoms in total. The Hall–Kier alpha value is -2.13. The average molecular weight is 281 g/mol. The van der Waals surface area contributed by atoms with Gasteiger partial charge >= 0.3 is 0 Å². The molecule has 1 heterocycles. The predicted molar refractivity (Wildman–Crippen MR) is 83.4 cm³/mol. The maximum Gasteiger partial charge on any atom is 0.228 e. The van der Waals surface area contributed by atoms with E-state index in [0.29, 0.717) is 12.8 Å². The highest BCUT2D eigenvalue weighted by Gasteiger charge is 2.19. The Balaban J connectivity index is 1.79. The van der Waals surface area contributed by atoms with Crippen molar-refractivity contribution in [3.8, 4) is 0 Å². The summed E-state index contributed by atoms with van der Waals surface area (Å²) in [7, 11) is 0. The van der Waals surface area contributed by atoms with Crippen LogP contribution >= 0.6 is 0 Å². The fourth-order valence-corrected chi connectivity index (χ4v) is 2.73. The molecule has 3 heteroatoms. The minimum Gasteiger partial charge on any atom is -0.388 e. The first kappa shape index (κ1) is 13.8. The molecule has 0 saturated heterocycles. The first-order chi connectivity index (χ1) is 10.0. The van der Waals surface area contributed by atoms with Gasteiger partial charge in [-0.15, -0.1) is 0 Å². The topological polar surface area (TPSA) is 49.3 Å². The van der Waals surface area contributed by atoms with Crippen LogP contribution in [0.15, 0.2) is 36.4 Å². The summed E-state index contributed by atoms with van der Waals surface area (Å²) in [6.45, 7) is 4.16. The Morgan fingerprint density at radius 3 is 2.71 bits per heavy atom. The third-order valence-electron chi connectivity index (χ3n) is 4.14. The van der Waals surface area contributed by atoms with Gasteiger partial charge in [-0.2, -0.15) is 0 Å². The molecule has 1 aliphatic heterocycles. The lowest BCUT2D eigenvalue weighted by atomic mass is 9.97. The van der Waals surface area contributed by atoms with E-state index >= 15 is 0 Å². The van der Waals surface area contributed by atoms with Crippen molar-refractivity contribution >= 4 is 11.6 Å². The summed E-state index contributed by atoms with van der Waals surface area (Å²) in [5.41, 5.74) is 6.32. The number of hydrogen-bond donors (Lipinski definition) is 2. The highest BCUT2D eigenvalue weighted by Crippen LogP contribution is 2.28. The van der Waals surface area contributed by atoms with Gasteiger partial charge in [-0.05, 0) is 47.7 Å². The van der Waals surface area contributed by atoms with Gasteiger partial charge in [-0.1, -0.05) is 30.3 Å². The van der Waals surface area contributed by atoms with E-state index in [4.69, 9.17) is 0 Å². The number of carbonyl (C=O) groups excluding carboxylic acids is 1. The molecule has 108 valence electrons. The lowest BCUT2D eigenvalue weighted by Gasteiger charge is -2.13. The number of fused-ring (bicyclic) bond motifs is 1. The van der Waals surface area contributed by atoms with E-state index in [0.717, 1.165) is 22.4 Å². The molecule has 0 saturated carbocycles. The van der Waals surface area contributed by atoms with Crippen LogP contribution in [0.1, 0.15) is 33.9 Å². The van der Waals surface area contributed by atoms with E-state index < -0.39 is 6.10 Å². The third-order valence-corrected chi connectivity index (χ3v) is 4.14. The first-order valence-electron chi connectivity index (χ1n) is 7.20. The molecule has 0 spiro atoms. The number of rotatable bonds is 3. The molecular weight excluding hydrogens is 262 g/mol. The number of anilines is 1. The standard InChI is InChI=1S/C18H19NO2/c1-11-3-4-13(7-12(11)2)8-17(20)14-5-6-16-15(9-14)10-18(21)19-16/h3-7,9,17,20H,8,10H2,1-2H3,(H,19,21). The molecule has 1 aliphatic rings. The lowest BCUT2D eigenvalue weighted by Crippen LogP contribution is -2.03. The van der Waals surface area contributed by atoms with Crippen LogP contribution in [0.2, 0.25) is 0 Å². The quantitative estimate of drug-likeness (QED) is 0.908. The average Bonchev–Trinajstić information content (AvgIpc) is 2.82. The summed E-state index contributed by atoms with van der Waals surface area (Å²) >= 11 is 0. The van der Waals surface area contributed by atoms with Gasteiger partial charge in [0.2, 0.25) is 5.91 Å². The summed E-state index contributed by atoms with van der Waals surface area (Å²) < 4.78 is 0. The van der Waals surface area contributed by atoms with Crippen LogP contribution in [0.3, 0.4) is 0 Å². The zero-order valence-electron chi connectivity index (χ0n) is 12.3. The second-order valence-electron chi connectivity index (χ2n) is 5.78. The number of aliphatic hydroxyl groups is 1. The maximum atomic E-state index is 11.4. The van der Waals surface area contributed by atoms with Gasteiger partial charge < -0.3 is 10.4 Å². The second kappa shape index (κ2) is 5.34. The van der Waals surface area contributed by atoms with Crippen LogP contribution in [-0.2, 0) is 17.6 Å². The van der Waals surface area contributed by atoms with Crippen molar-refractivity contribution in [1.29, 1.82) is 0 Å². The zero-order chi connectivity index (χ0) is 15.0. The molecular formula is C18H19NO2. The molecule has 0 bridgehead atoms. The molecule has 1 atom stereocenters. The molecule has 1 amide bonds. The monoisotopic (exact) mass is 281 g/mol. The molecule has 0 radical (unpaired) electrons. The van der Waals surface area contributed by atoms with Gasteiger partial charge in [-0.25, -0.2) is 0 Å². The largest absolute Gasteiger partial charge is 0.388 e.